The van der Waals surface area contributed by atoms with Gasteiger partial charge in [-0.1, -0.05) is 182 Å². The van der Waals surface area contributed by atoms with Crippen molar-refractivity contribution < 1.29 is 0 Å². The maximum absolute atomic E-state index is 2.36. The number of hydrogen-bond donors (Lipinski definition) is 0. The summed E-state index contributed by atoms with van der Waals surface area (Å²) in [5, 5.41) is 7.67. The lowest BCUT2D eigenvalue weighted by atomic mass is 9.84. The number of rotatable bonds is 5. The molecule has 0 spiro atoms. The minimum Gasteiger partial charge on any atom is -0.0620 e. The summed E-state index contributed by atoms with van der Waals surface area (Å²) in [6.07, 6.45) is 0. The van der Waals surface area contributed by atoms with Gasteiger partial charge in [-0.05, 0) is 107 Å². The van der Waals surface area contributed by atoms with E-state index in [4.69, 9.17) is 0 Å². The first-order valence-corrected chi connectivity index (χ1v) is 17.0. The van der Waals surface area contributed by atoms with Crippen LogP contribution in [0.3, 0.4) is 0 Å². The Morgan fingerprint density at radius 1 is 0.265 bits per heavy atom. The van der Waals surface area contributed by atoms with Crippen molar-refractivity contribution >= 4 is 32.3 Å². The van der Waals surface area contributed by atoms with Gasteiger partial charge in [0.2, 0.25) is 0 Å². The van der Waals surface area contributed by atoms with Gasteiger partial charge in [-0.2, -0.15) is 0 Å². The van der Waals surface area contributed by atoms with Gasteiger partial charge < -0.3 is 0 Å². The van der Waals surface area contributed by atoms with Crippen molar-refractivity contribution in [1.82, 2.24) is 0 Å². The molecule has 0 saturated heterocycles. The van der Waals surface area contributed by atoms with Crippen LogP contribution in [-0.4, -0.2) is 0 Å². The maximum Gasteiger partial charge on any atom is -0.00237 e. The van der Waals surface area contributed by atoms with Crippen LogP contribution >= 0.6 is 0 Å². The molecule has 49 heavy (non-hydrogen) atoms. The van der Waals surface area contributed by atoms with Crippen LogP contribution in [0.25, 0.3) is 88.0 Å². The standard InChI is InChI=1S/C49H34/c1-33-12-2-4-17-41(33)49-46-21-8-6-19-44(46)48(45-20-7-9-22-47(45)49)40-16-10-15-39(32-40)36-26-24-34(25-27-36)35-28-30-38(31-29-35)43-23-11-14-37-13-3-5-18-42(37)43/h2-32H,1H3. The SMILES string of the molecule is Cc1ccccc1-c1c2ccccc2c(-c2cccc(-c3ccc(-c4ccc(-c5cccc6ccccc56)cc4)cc3)c2)c2ccccc12. The largest absolute Gasteiger partial charge is 0.0620 e. The Kier molecular flexibility index (Phi) is 7.14. The molecule has 0 aliphatic rings. The predicted molar refractivity (Wildman–Crippen MR) is 211 cm³/mol. The van der Waals surface area contributed by atoms with Crippen LogP contribution in [0.4, 0.5) is 0 Å². The fourth-order valence-electron chi connectivity index (χ4n) is 7.61. The highest BCUT2D eigenvalue weighted by molar-refractivity contribution is 6.21. The second-order valence-electron chi connectivity index (χ2n) is 12.9. The first-order valence-electron chi connectivity index (χ1n) is 17.0. The molecular weight excluding hydrogens is 589 g/mol. The third kappa shape index (κ3) is 5.10. The van der Waals surface area contributed by atoms with Crippen LogP contribution in [0.5, 0.6) is 0 Å². The van der Waals surface area contributed by atoms with E-state index in [0.29, 0.717) is 0 Å². The molecule has 0 fully saturated rings. The van der Waals surface area contributed by atoms with Crippen molar-refractivity contribution in [2.24, 2.45) is 0 Å². The lowest BCUT2D eigenvalue weighted by Gasteiger charge is -2.19. The smallest absolute Gasteiger partial charge is 0.00237 e. The lowest BCUT2D eigenvalue weighted by Crippen LogP contribution is -1.92. The van der Waals surface area contributed by atoms with Gasteiger partial charge in [0.25, 0.3) is 0 Å². The van der Waals surface area contributed by atoms with E-state index in [1.807, 2.05) is 0 Å². The monoisotopic (exact) mass is 622 g/mol. The van der Waals surface area contributed by atoms with Crippen LogP contribution in [-0.2, 0) is 0 Å². The molecule has 0 aliphatic carbocycles. The Hall–Kier alpha value is -6.24. The Bertz CT molecular complexity index is 2580. The Morgan fingerprint density at radius 2 is 0.694 bits per heavy atom. The fourth-order valence-corrected chi connectivity index (χ4v) is 7.61. The zero-order valence-electron chi connectivity index (χ0n) is 27.4. The molecule has 0 radical (unpaired) electrons. The summed E-state index contributed by atoms with van der Waals surface area (Å²) in [6.45, 7) is 2.21. The molecule has 0 aliphatic heterocycles. The molecule has 9 rings (SSSR count). The molecule has 0 N–H and O–H groups in total. The highest BCUT2D eigenvalue weighted by Crippen LogP contribution is 2.45. The Labute approximate surface area is 287 Å². The van der Waals surface area contributed by atoms with Crippen LogP contribution in [0.1, 0.15) is 5.56 Å². The quantitative estimate of drug-likeness (QED) is 0.168. The molecule has 0 heteroatoms. The van der Waals surface area contributed by atoms with Gasteiger partial charge in [0.1, 0.15) is 0 Å². The van der Waals surface area contributed by atoms with Crippen molar-refractivity contribution in [3.8, 4) is 55.6 Å². The molecule has 0 bridgehead atoms. The topological polar surface area (TPSA) is 0 Å². The molecule has 9 aromatic carbocycles. The van der Waals surface area contributed by atoms with Gasteiger partial charge in [-0.15, -0.1) is 0 Å². The predicted octanol–water partition coefficient (Wildman–Crippen LogP) is 13.8. The van der Waals surface area contributed by atoms with Gasteiger partial charge >= 0.3 is 0 Å². The third-order valence-electron chi connectivity index (χ3n) is 10.0. The first kappa shape index (κ1) is 28.9. The van der Waals surface area contributed by atoms with E-state index < -0.39 is 0 Å². The van der Waals surface area contributed by atoms with E-state index in [9.17, 15) is 0 Å². The average molecular weight is 623 g/mol. The van der Waals surface area contributed by atoms with Crippen molar-refractivity contribution in [3.05, 3.63) is 194 Å². The van der Waals surface area contributed by atoms with Crippen LogP contribution in [0, 0.1) is 6.92 Å². The van der Waals surface area contributed by atoms with Crippen LogP contribution in [0.15, 0.2) is 188 Å². The summed E-state index contributed by atoms with van der Waals surface area (Å²) < 4.78 is 0. The summed E-state index contributed by atoms with van der Waals surface area (Å²) in [5.41, 5.74) is 13.8. The molecule has 0 amide bonds. The average Bonchev–Trinajstić information content (AvgIpc) is 3.17. The van der Waals surface area contributed by atoms with E-state index >= 15 is 0 Å². The first-order chi connectivity index (χ1) is 24.2. The summed E-state index contributed by atoms with van der Waals surface area (Å²) in [5.74, 6) is 0. The minimum atomic E-state index is 1.21. The van der Waals surface area contributed by atoms with E-state index in [0.717, 1.165) is 0 Å². The summed E-state index contributed by atoms with van der Waals surface area (Å²) in [6, 6.07) is 68.7. The van der Waals surface area contributed by atoms with E-state index in [-0.39, 0.29) is 0 Å². The summed E-state index contributed by atoms with van der Waals surface area (Å²) >= 11 is 0. The lowest BCUT2D eigenvalue weighted by molar-refractivity contribution is 1.47. The zero-order valence-corrected chi connectivity index (χ0v) is 27.4. The molecule has 230 valence electrons. The summed E-state index contributed by atoms with van der Waals surface area (Å²) in [4.78, 5) is 0. The molecule has 9 aromatic rings. The number of hydrogen-bond acceptors (Lipinski definition) is 0. The number of aryl methyl sites for hydroxylation is 1. The second kappa shape index (κ2) is 12.1. The molecule has 0 heterocycles. The minimum absolute atomic E-state index is 1.21. The van der Waals surface area contributed by atoms with Gasteiger partial charge in [-0.25, -0.2) is 0 Å². The molecule has 0 unspecified atom stereocenters. The molecule has 0 aromatic heterocycles. The second-order valence-corrected chi connectivity index (χ2v) is 12.9. The van der Waals surface area contributed by atoms with Gasteiger partial charge in [-0.3, -0.25) is 0 Å². The normalized spacial score (nSPS) is 11.4. The summed E-state index contributed by atoms with van der Waals surface area (Å²) in [7, 11) is 0. The van der Waals surface area contributed by atoms with Gasteiger partial charge in [0.15, 0.2) is 0 Å². The van der Waals surface area contributed by atoms with Crippen LogP contribution < -0.4 is 0 Å². The van der Waals surface area contributed by atoms with Crippen molar-refractivity contribution in [3.63, 3.8) is 0 Å². The number of benzene rings is 9. The van der Waals surface area contributed by atoms with Gasteiger partial charge in [0.05, 0.1) is 0 Å². The van der Waals surface area contributed by atoms with Crippen molar-refractivity contribution in [2.45, 2.75) is 6.92 Å². The van der Waals surface area contributed by atoms with E-state index in [1.165, 1.54) is 93.5 Å². The maximum atomic E-state index is 2.36. The molecule has 0 nitrogen and oxygen atoms in total. The molecular formula is C49H34. The fraction of sp³-hybridized carbons (Fsp3) is 0.0204. The molecule has 0 saturated carbocycles. The van der Waals surface area contributed by atoms with Crippen LogP contribution in [0.2, 0.25) is 0 Å². The molecule has 0 atom stereocenters. The zero-order chi connectivity index (χ0) is 32.7. The third-order valence-corrected chi connectivity index (χ3v) is 10.0. The van der Waals surface area contributed by atoms with E-state index in [1.54, 1.807) is 0 Å². The number of fused-ring (bicyclic) bond motifs is 3. The Morgan fingerprint density at radius 3 is 1.33 bits per heavy atom. The Balaban J connectivity index is 1.09. The van der Waals surface area contributed by atoms with Crippen molar-refractivity contribution in [1.29, 1.82) is 0 Å². The van der Waals surface area contributed by atoms with Gasteiger partial charge in [0, 0.05) is 0 Å². The van der Waals surface area contributed by atoms with Crippen molar-refractivity contribution in [2.75, 3.05) is 0 Å². The highest BCUT2D eigenvalue weighted by Gasteiger charge is 2.17. The van der Waals surface area contributed by atoms with E-state index in [2.05, 4.69) is 195 Å². The highest BCUT2D eigenvalue weighted by atomic mass is 14.2.